The number of benzene rings is 1. The van der Waals surface area contributed by atoms with Crippen molar-refractivity contribution in [3.05, 3.63) is 41.0 Å². The Labute approximate surface area is 150 Å². The van der Waals surface area contributed by atoms with Gasteiger partial charge in [-0.05, 0) is 13.8 Å². The van der Waals surface area contributed by atoms with Gasteiger partial charge in [0, 0.05) is 17.7 Å². The minimum absolute atomic E-state index is 0.283. The lowest BCUT2D eigenvalue weighted by molar-refractivity contribution is -0.140. The summed E-state index contributed by atoms with van der Waals surface area (Å²) >= 11 is 16.9. The Bertz CT molecular complexity index is 608. The first-order valence-electron chi connectivity index (χ1n) is 7.14. The van der Waals surface area contributed by atoms with E-state index in [1.807, 2.05) is 31.2 Å². The summed E-state index contributed by atoms with van der Waals surface area (Å²) in [5.41, 5.74) is 2.13. The molecule has 0 bridgehead atoms. The highest BCUT2D eigenvalue weighted by atomic mass is 35.6. The van der Waals surface area contributed by atoms with Crippen LogP contribution < -0.4 is 0 Å². The molecule has 1 atom stereocenters. The van der Waals surface area contributed by atoms with Crippen molar-refractivity contribution >= 4 is 46.5 Å². The van der Waals surface area contributed by atoms with Crippen molar-refractivity contribution in [2.45, 2.75) is 30.4 Å². The quantitative estimate of drug-likeness (QED) is 0.435. The summed E-state index contributed by atoms with van der Waals surface area (Å²) in [4.78, 5) is 12.5. The summed E-state index contributed by atoms with van der Waals surface area (Å²) < 4.78 is 14.7. The number of fused-ring (bicyclic) bond motifs is 1. The minimum Gasteiger partial charge on any atom is -0.488 e. The van der Waals surface area contributed by atoms with Gasteiger partial charge in [0.2, 0.25) is 3.79 Å². The van der Waals surface area contributed by atoms with E-state index in [-0.39, 0.29) is 12.2 Å². The number of ether oxygens (including phenoxy) is 3. The molecule has 7 heteroatoms. The first-order chi connectivity index (χ1) is 10.8. The largest absolute Gasteiger partial charge is 0.488 e. The number of hydrogen-bond acceptors (Lipinski definition) is 4. The molecule has 126 valence electrons. The van der Waals surface area contributed by atoms with Gasteiger partial charge in [0.1, 0.15) is 24.5 Å². The molecule has 0 fully saturated rings. The van der Waals surface area contributed by atoms with Gasteiger partial charge in [0.15, 0.2) is 0 Å². The number of hydrogen-bond donors (Lipinski definition) is 0. The van der Waals surface area contributed by atoms with E-state index in [1.54, 1.807) is 6.92 Å². The molecule has 0 aromatic heterocycles. The lowest BCUT2D eigenvalue weighted by Crippen LogP contribution is -2.25. The van der Waals surface area contributed by atoms with Gasteiger partial charge in [-0.3, -0.25) is 0 Å². The van der Waals surface area contributed by atoms with Gasteiger partial charge in [-0.2, -0.15) is 0 Å². The van der Waals surface area contributed by atoms with Crippen molar-refractivity contribution in [3.63, 3.8) is 0 Å². The van der Waals surface area contributed by atoms with E-state index < -0.39 is 15.9 Å². The number of rotatable bonds is 5. The van der Waals surface area contributed by atoms with E-state index in [2.05, 4.69) is 0 Å². The van der Waals surface area contributed by atoms with Crippen molar-refractivity contribution < 1.29 is 19.0 Å². The normalized spacial score (nSPS) is 17.3. The molecule has 1 heterocycles. The average molecular weight is 380 g/mol. The van der Waals surface area contributed by atoms with E-state index in [9.17, 15) is 4.79 Å². The lowest BCUT2D eigenvalue weighted by atomic mass is 10.0. The SMILES string of the molecule is CCOC(C)/C(C(=O)OCC(Cl)(Cl)Cl)=C1/OCc2ccccc21. The molecule has 0 radical (unpaired) electrons. The molecule has 1 aliphatic heterocycles. The predicted molar refractivity (Wildman–Crippen MR) is 90.5 cm³/mol. The number of carbonyl (C=O) groups excluding carboxylic acids is 1. The van der Waals surface area contributed by atoms with Crippen molar-refractivity contribution in [2.75, 3.05) is 13.2 Å². The Morgan fingerprint density at radius 2 is 2.04 bits per heavy atom. The predicted octanol–water partition coefficient (Wildman–Crippen LogP) is 4.27. The Morgan fingerprint density at radius 1 is 1.35 bits per heavy atom. The second-order valence-corrected chi connectivity index (χ2v) is 7.49. The Hall–Kier alpha value is -0.940. The summed E-state index contributed by atoms with van der Waals surface area (Å²) in [7, 11) is 0. The molecule has 1 aliphatic rings. The third-order valence-corrected chi connectivity index (χ3v) is 3.62. The molecule has 1 aromatic carbocycles. The monoisotopic (exact) mass is 378 g/mol. The zero-order valence-corrected chi connectivity index (χ0v) is 15.0. The van der Waals surface area contributed by atoms with Gasteiger partial charge in [-0.15, -0.1) is 0 Å². The minimum atomic E-state index is -1.67. The summed E-state index contributed by atoms with van der Waals surface area (Å²) in [6, 6.07) is 7.62. The van der Waals surface area contributed by atoms with E-state index in [1.165, 1.54) is 0 Å². The fourth-order valence-corrected chi connectivity index (χ4v) is 2.48. The molecule has 0 saturated carbocycles. The smallest absolute Gasteiger partial charge is 0.340 e. The third-order valence-electron chi connectivity index (χ3n) is 3.29. The topological polar surface area (TPSA) is 44.8 Å². The molecule has 23 heavy (non-hydrogen) atoms. The Morgan fingerprint density at radius 3 is 2.70 bits per heavy atom. The lowest BCUT2D eigenvalue weighted by Gasteiger charge is -2.19. The molecular formula is C16H17Cl3O4. The number of halogens is 3. The van der Waals surface area contributed by atoms with Crippen molar-refractivity contribution in [1.29, 1.82) is 0 Å². The van der Waals surface area contributed by atoms with E-state index in [4.69, 9.17) is 49.0 Å². The summed E-state index contributed by atoms with van der Waals surface area (Å²) in [5.74, 6) is -0.167. The van der Waals surface area contributed by atoms with Crippen LogP contribution >= 0.6 is 34.8 Å². The second-order valence-electron chi connectivity index (χ2n) is 4.98. The number of esters is 1. The van der Waals surface area contributed by atoms with Crippen LogP contribution in [0.25, 0.3) is 5.76 Å². The zero-order valence-electron chi connectivity index (χ0n) is 12.8. The molecule has 0 spiro atoms. The first kappa shape index (κ1) is 18.4. The van der Waals surface area contributed by atoms with E-state index in [0.717, 1.165) is 11.1 Å². The Kier molecular flexibility index (Phi) is 6.20. The van der Waals surface area contributed by atoms with Crippen LogP contribution in [0.1, 0.15) is 25.0 Å². The van der Waals surface area contributed by atoms with Gasteiger partial charge >= 0.3 is 5.97 Å². The second kappa shape index (κ2) is 7.75. The van der Waals surface area contributed by atoms with Crippen molar-refractivity contribution in [3.8, 4) is 0 Å². The van der Waals surface area contributed by atoms with Gasteiger partial charge < -0.3 is 14.2 Å². The molecule has 0 N–H and O–H groups in total. The maximum atomic E-state index is 12.5. The highest BCUT2D eigenvalue weighted by molar-refractivity contribution is 6.67. The molecule has 0 aliphatic carbocycles. The maximum Gasteiger partial charge on any atom is 0.340 e. The number of alkyl halides is 3. The fraction of sp³-hybridized carbons (Fsp3) is 0.438. The van der Waals surface area contributed by atoms with Crippen molar-refractivity contribution in [2.24, 2.45) is 0 Å². The van der Waals surface area contributed by atoms with Gasteiger partial charge in [-0.25, -0.2) is 4.79 Å². The highest BCUT2D eigenvalue weighted by Crippen LogP contribution is 2.34. The fourth-order valence-electron chi connectivity index (χ4n) is 2.32. The summed E-state index contributed by atoms with van der Waals surface area (Å²) in [6.45, 7) is 4.08. The maximum absolute atomic E-state index is 12.5. The highest BCUT2D eigenvalue weighted by Gasteiger charge is 2.32. The van der Waals surface area contributed by atoms with Crippen molar-refractivity contribution in [1.82, 2.24) is 0 Å². The van der Waals surface area contributed by atoms with E-state index >= 15 is 0 Å². The van der Waals surface area contributed by atoms with Crippen LogP contribution in [0.15, 0.2) is 29.8 Å². The van der Waals surface area contributed by atoms with Crippen LogP contribution in [0.4, 0.5) is 0 Å². The standard InChI is InChI=1S/C16H17Cl3O4/c1-3-21-10(2)13(15(20)23-9-16(17,18)19)14-12-7-5-4-6-11(12)8-22-14/h4-7,10H,3,8-9H2,1-2H3/b14-13-. The molecular weight excluding hydrogens is 363 g/mol. The van der Waals surface area contributed by atoms with Crippen LogP contribution in [-0.2, 0) is 25.6 Å². The van der Waals surface area contributed by atoms with E-state index in [0.29, 0.717) is 19.0 Å². The zero-order chi connectivity index (χ0) is 17.0. The molecule has 4 nitrogen and oxygen atoms in total. The molecule has 1 unspecified atom stereocenters. The number of carbonyl (C=O) groups is 1. The molecule has 1 aromatic rings. The molecule has 0 amide bonds. The Balaban J connectivity index is 2.36. The third kappa shape index (κ3) is 4.77. The average Bonchev–Trinajstić information content (AvgIpc) is 2.89. The van der Waals surface area contributed by atoms with Crippen LogP contribution in [0.2, 0.25) is 0 Å². The van der Waals surface area contributed by atoms with Gasteiger partial charge in [0.05, 0.1) is 6.10 Å². The van der Waals surface area contributed by atoms with Gasteiger partial charge in [-0.1, -0.05) is 59.1 Å². The van der Waals surface area contributed by atoms with Gasteiger partial charge in [0.25, 0.3) is 0 Å². The van der Waals surface area contributed by atoms with Crippen LogP contribution in [0.3, 0.4) is 0 Å². The summed E-state index contributed by atoms with van der Waals surface area (Å²) in [5, 5.41) is 0. The first-order valence-corrected chi connectivity index (χ1v) is 8.27. The summed E-state index contributed by atoms with van der Waals surface area (Å²) in [6.07, 6.45) is -0.510. The van der Waals surface area contributed by atoms with Crippen LogP contribution in [-0.4, -0.2) is 29.1 Å². The van der Waals surface area contributed by atoms with Crippen LogP contribution in [0, 0.1) is 0 Å². The molecule has 0 saturated heterocycles. The van der Waals surface area contributed by atoms with Crippen LogP contribution in [0.5, 0.6) is 0 Å². The molecule has 2 rings (SSSR count).